The van der Waals surface area contributed by atoms with E-state index in [4.69, 9.17) is 0 Å². The van der Waals surface area contributed by atoms with Crippen molar-refractivity contribution < 1.29 is 68.1 Å². The summed E-state index contributed by atoms with van der Waals surface area (Å²) in [5.41, 5.74) is 0.238. The van der Waals surface area contributed by atoms with Gasteiger partial charge in [0.15, 0.2) is 0 Å². The van der Waals surface area contributed by atoms with Gasteiger partial charge in [0, 0.05) is 45.1 Å². The zero-order chi connectivity index (χ0) is 62.8. The van der Waals surface area contributed by atoms with Crippen LogP contribution < -0.4 is 53.2 Å². The highest BCUT2D eigenvalue weighted by Gasteiger charge is 2.42. The van der Waals surface area contributed by atoms with Gasteiger partial charge in [-0.15, -0.1) is 0 Å². The molecule has 11 atom stereocenters. The van der Waals surface area contributed by atoms with Crippen LogP contribution in [0.1, 0.15) is 145 Å². The van der Waals surface area contributed by atoms with E-state index in [1.54, 1.807) is 58.0 Å². The monoisotopic (exact) mass is 1180 g/mol. The summed E-state index contributed by atoms with van der Waals surface area (Å²) in [6, 6.07) is -2.87. The first-order valence-electron chi connectivity index (χ1n) is 29.7. The number of carbonyl (C=O) groups is 11. The number of aliphatic hydroxyl groups is 3. The van der Waals surface area contributed by atoms with Gasteiger partial charge in [0.25, 0.3) is 5.91 Å². The second-order valence-electron chi connectivity index (χ2n) is 23.2. The van der Waals surface area contributed by atoms with Crippen molar-refractivity contribution in [2.24, 2.45) is 23.7 Å². The molecule has 25 heteroatoms. The number of nitrogens with zero attached hydrogens (tertiary/aromatic N) is 1. The van der Waals surface area contributed by atoms with E-state index in [1.807, 2.05) is 34.6 Å². The molecule has 0 aliphatic carbocycles. The van der Waals surface area contributed by atoms with E-state index in [1.165, 1.54) is 13.0 Å². The summed E-state index contributed by atoms with van der Waals surface area (Å²) in [6.07, 6.45) is 1.93. The topological polar surface area (TPSA) is 372 Å². The maximum atomic E-state index is 14.5. The van der Waals surface area contributed by atoms with E-state index in [0.29, 0.717) is 24.8 Å². The summed E-state index contributed by atoms with van der Waals surface area (Å²) in [5.74, 6) is -10.2. The van der Waals surface area contributed by atoms with Crippen molar-refractivity contribution in [2.75, 3.05) is 26.3 Å². The minimum Gasteiger partial charge on any atom is -0.396 e. The van der Waals surface area contributed by atoms with Gasteiger partial charge in [-0.2, -0.15) is 0 Å². The molecule has 2 aliphatic rings. The van der Waals surface area contributed by atoms with Crippen LogP contribution in [0.15, 0.2) is 42.1 Å². The molecule has 0 aromatic heterocycles. The Labute approximate surface area is 493 Å². The van der Waals surface area contributed by atoms with E-state index in [2.05, 4.69) is 53.2 Å². The Hall–Kier alpha value is -6.99. The van der Waals surface area contributed by atoms with Crippen LogP contribution >= 0.6 is 0 Å². The molecule has 0 spiro atoms. The molecule has 11 amide bonds. The number of hydrogen-bond acceptors (Lipinski definition) is 14. The first-order chi connectivity index (χ1) is 39.8. The Bertz CT molecular complexity index is 2420. The maximum Gasteiger partial charge on any atom is 0.270 e. The van der Waals surface area contributed by atoms with Crippen molar-refractivity contribution in [3.8, 4) is 0 Å². The maximum absolute atomic E-state index is 14.5. The zero-order valence-corrected chi connectivity index (χ0v) is 50.6. The smallest absolute Gasteiger partial charge is 0.270 e. The molecule has 1 aromatic rings. The standard InChI is InChI=1S/C59H95N11O14/c1-11-14-16-21-38-29-47(74)62-41(22-24-71)52(77)63-40(13-3)59(84)70-32-39(73)30-46(70)56(81)64-42(23-25-72)53(78)66-45(28-37-19-17-15-18-20-37)54(79)65-43(26-33(4)5)55(80)68-50(35(8)9)58(83)69-49(34(6)7)57(82)67-44(27-36(10)12-2)51(76)60-31-48(75)61-38/h13,15,17-20,33-36,38-39,41-46,49-50,71-73H,11-12,14,16,21-32H2,1-10H3,(H,60,76)(H,61,75)(H,62,74)(H,63,77)(H,64,81)(H,65,79)(H,66,78)(H,67,82)(H,68,80)(H,69,83)/b40-13+/t36?,38-,39-,41+,42+,43-,44+,45-,46+,49-,50+/m1/s1. The number of unbranched alkanes of at least 4 members (excludes halogenated alkanes) is 2. The molecule has 2 aliphatic heterocycles. The fourth-order valence-corrected chi connectivity index (χ4v) is 9.82. The van der Waals surface area contributed by atoms with Gasteiger partial charge in [0.2, 0.25) is 59.1 Å². The Morgan fingerprint density at radius 1 is 0.583 bits per heavy atom. The second-order valence-corrected chi connectivity index (χ2v) is 23.2. The average Bonchev–Trinajstić information content (AvgIpc) is 4.11. The van der Waals surface area contributed by atoms with Gasteiger partial charge in [-0.3, -0.25) is 52.7 Å². The summed E-state index contributed by atoms with van der Waals surface area (Å²) in [5, 5.41) is 57.7. The summed E-state index contributed by atoms with van der Waals surface area (Å²) < 4.78 is 0. The van der Waals surface area contributed by atoms with Gasteiger partial charge in [-0.05, 0) is 68.3 Å². The molecule has 0 saturated carbocycles. The lowest BCUT2D eigenvalue weighted by Crippen LogP contribution is -2.62. The summed E-state index contributed by atoms with van der Waals surface area (Å²) >= 11 is 0. The van der Waals surface area contributed by atoms with Crippen LogP contribution in [0.25, 0.3) is 0 Å². The number of nitrogens with one attached hydrogen (secondary N) is 10. The first-order valence-corrected chi connectivity index (χ1v) is 29.7. The second kappa shape index (κ2) is 36.0. The number of rotatable bonds is 17. The van der Waals surface area contributed by atoms with E-state index >= 15 is 0 Å². The lowest BCUT2D eigenvalue weighted by atomic mass is 9.96. The fraction of sp³-hybridized carbons (Fsp3) is 0.678. The van der Waals surface area contributed by atoms with Crippen LogP contribution in [0.3, 0.4) is 0 Å². The van der Waals surface area contributed by atoms with Crippen LogP contribution in [0.5, 0.6) is 0 Å². The molecule has 2 heterocycles. The number of aliphatic hydroxyl groups excluding tert-OH is 3. The summed E-state index contributed by atoms with van der Waals surface area (Å²) in [7, 11) is 0. The number of benzene rings is 1. The van der Waals surface area contributed by atoms with Crippen molar-refractivity contribution in [1.29, 1.82) is 0 Å². The minimum atomic E-state index is -1.52. The van der Waals surface area contributed by atoms with Gasteiger partial charge in [0.05, 0.1) is 12.6 Å². The molecule has 1 aromatic carbocycles. The third kappa shape index (κ3) is 23.2. The van der Waals surface area contributed by atoms with E-state index in [0.717, 1.165) is 17.7 Å². The predicted octanol–water partition coefficient (Wildman–Crippen LogP) is -0.251. The Balaban J connectivity index is 2.15. The highest BCUT2D eigenvalue weighted by molar-refractivity contribution is 6.02. The first kappa shape index (κ1) is 71.3. The van der Waals surface area contributed by atoms with Gasteiger partial charge >= 0.3 is 0 Å². The molecule has 25 nitrogen and oxygen atoms in total. The number of allylic oxidation sites excluding steroid dienone is 1. The van der Waals surface area contributed by atoms with Gasteiger partial charge in [0.1, 0.15) is 54.0 Å². The minimum absolute atomic E-state index is 0.0674. The van der Waals surface area contributed by atoms with Crippen LogP contribution in [-0.2, 0) is 59.2 Å². The van der Waals surface area contributed by atoms with Crippen LogP contribution in [0, 0.1) is 23.7 Å². The lowest BCUT2D eigenvalue weighted by molar-refractivity contribution is -0.138. The summed E-state index contributed by atoms with van der Waals surface area (Å²) in [6.45, 7) is 15.4. The molecule has 13 N–H and O–H groups in total. The Morgan fingerprint density at radius 2 is 1.12 bits per heavy atom. The SMILES string of the molecule is C/C=C1/NC(=O)[C@H](CCO)NC(=O)C[C@@H](CCCCC)NC(=O)CNC(=O)[C@H](CC(C)CC)NC(=O)[C@@H](C(C)C)NC(=O)[C@H](C(C)C)NC(=O)[C@@H](CC(C)C)NC(=O)[C@@H](Cc2ccccc2)NC(=O)[C@H](CCO)NC(=O)[C@@H]2C[C@@H](O)CN2C1=O. The molecule has 1 unspecified atom stereocenters. The normalized spacial score (nSPS) is 26.8. The molecule has 0 radical (unpaired) electrons. The van der Waals surface area contributed by atoms with Crippen LogP contribution in [0.4, 0.5) is 0 Å². The van der Waals surface area contributed by atoms with Gasteiger partial charge < -0.3 is 73.4 Å². The lowest BCUT2D eigenvalue weighted by Gasteiger charge is -2.30. The quantitative estimate of drug-likeness (QED) is 0.0707. The molecule has 2 saturated heterocycles. The number of hydrogen-bond donors (Lipinski definition) is 13. The molecular weight excluding hydrogens is 1090 g/mol. The largest absolute Gasteiger partial charge is 0.396 e. The Kier molecular flexibility index (Phi) is 30.5. The van der Waals surface area contributed by atoms with Gasteiger partial charge in [-0.1, -0.05) is 124 Å². The molecule has 0 bridgehead atoms. The van der Waals surface area contributed by atoms with E-state index in [-0.39, 0.29) is 69.0 Å². The number of amides is 11. The third-order valence-electron chi connectivity index (χ3n) is 14.8. The van der Waals surface area contributed by atoms with Crippen molar-refractivity contribution in [3.05, 3.63) is 47.7 Å². The van der Waals surface area contributed by atoms with E-state index in [9.17, 15) is 68.1 Å². The molecule has 84 heavy (non-hydrogen) atoms. The van der Waals surface area contributed by atoms with Gasteiger partial charge in [-0.25, -0.2) is 0 Å². The zero-order valence-electron chi connectivity index (χ0n) is 50.6. The molecule has 3 rings (SSSR count). The van der Waals surface area contributed by atoms with Crippen molar-refractivity contribution in [2.45, 2.75) is 207 Å². The predicted molar refractivity (Wildman–Crippen MR) is 312 cm³/mol. The molecule has 470 valence electrons. The van der Waals surface area contributed by atoms with Crippen LogP contribution in [0.2, 0.25) is 0 Å². The average molecular weight is 1180 g/mol. The highest BCUT2D eigenvalue weighted by atomic mass is 16.3. The van der Waals surface area contributed by atoms with Crippen molar-refractivity contribution >= 4 is 65.0 Å². The fourth-order valence-electron chi connectivity index (χ4n) is 9.82. The number of fused-ring (bicyclic) bond motifs is 1. The van der Waals surface area contributed by atoms with E-state index < -0.39 is 157 Å². The third-order valence-corrected chi connectivity index (χ3v) is 14.8. The Morgan fingerprint density at radius 3 is 1.69 bits per heavy atom. The van der Waals surface area contributed by atoms with Crippen molar-refractivity contribution in [1.82, 2.24) is 58.1 Å². The van der Waals surface area contributed by atoms with Crippen molar-refractivity contribution in [3.63, 3.8) is 0 Å². The highest BCUT2D eigenvalue weighted by Crippen LogP contribution is 2.22. The molecule has 2 fully saturated rings. The number of carbonyl (C=O) groups excluding carboxylic acids is 11. The van der Waals surface area contributed by atoms with Crippen LogP contribution in [-0.4, -0.2) is 172 Å². The molecular formula is C59H95N11O14. The summed E-state index contributed by atoms with van der Waals surface area (Å²) in [4.78, 5) is 156.